The first-order valence-electron chi connectivity index (χ1n) is 3.96. The van der Waals surface area contributed by atoms with Gasteiger partial charge in [-0.3, -0.25) is 4.79 Å². The Balaban J connectivity index is 3.35. The van der Waals surface area contributed by atoms with E-state index in [9.17, 15) is 18.0 Å². The Kier molecular flexibility index (Phi) is 5.47. The van der Waals surface area contributed by atoms with Crippen molar-refractivity contribution in [3.8, 4) is 0 Å². The number of carbonyl (C=O) groups is 1. The Morgan fingerprint density at radius 3 is 2.50 bits per heavy atom. The van der Waals surface area contributed by atoms with E-state index in [2.05, 4.69) is 4.74 Å². The summed E-state index contributed by atoms with van der Waals surface area (Å²) in [6.45, 7) is -1.45. The Bertz CT molecular complexity index is 184. The van der Waals surface area contributed by atoms with Crippen LogP contribution in [-0.4, -0.2) is 36.5 Å². The van der Waals surface area contributed by atoms with Crippen LogP contribution in [0, 0.1) is 0 Å². The second kappa shape index (κ2) is 5.82. The van der Waals surface area contributed by atoms with Crippen molar-refractivity contribution in [2.24, 2.45) is 5.73 Å². The molecule has 0 rings (SSSR count). The molecule has 7 heteroatoms. The average Bonchev–Trinajstić information content (AvgIpc) is 2.01. The van der Waals surface area contributed by atoms with Gasteiger partial charge in [0.25, 0.3) is 0 Å². The Hall–Kier alpha value is -0.820. The second-order valence-corrected chi connectivity index (χ2v) is 2.75. The maximum Gasteiger partial charge on any atom is 0.411 e. The number of hydrogen-bond donors (Lipinski definition) is 2. The monoisotopic (exact) mass is 215 g/mol. The average molecular weight is 215 g/mol. The van der Waals surface area contributed by atoms with Crippen LogP contribution in [0.2, 0.25) is 0 Å². The lowest BCUT2D eigenvalue weighted by Gasteiger charge is -2.08. The molecule has 4 nitrogen and oxygen atoms in total. The van der Waals surface area contributed by atoms with Gasteiger partial charge in [-0.1, -0.05) is 0 Å². The minimum Gasteiger partial charge on any atom is -0.480 e. The van der Waals surface area contributed by atoms with Crippen molar-refractivity contribution >= 4 is 5.97 Å². The topological polar surface area (TPSA) is 72.5 Å². The van der Waals surface area contributed by atoms with Crippen LogP contribution in [0.25, 0.3) is 0 Å². The summed E-state index contributed by atoms with van der Waals surface area (Å²) in [7, 11) is 0. The zero-order valence-electron chi connectivity index (χ0n) is 7.38. The van der Waals surface area contributed by atoms with Crippen molar-refractivity contribution in [3.63, 3.8) is 0 Å². The largest absolute Gasteiger partial charge is 0.480 e. The third-order valence-corrected chi connectivity index (χ3v) is 1.39. The van der Waals surface area contributed by atoms with E-state index in [0.717, 1.165) is 0 Å². The maximum atomic E-state index is 11.5. The molecule has 0 unspecified atom stereocenters. The Morgan fingerprint density at radius 2 is 2.07 bits per heavy atom. The molecular formula is C7H12F3NO3. The number of halogens is 3. The zero-order valence-corrected chi connectivity index (χ0v) is 7.38. The number of carboxylic acids is 1. The first-order chi connectivity index (χ1) is 6.33. The molecule has 0 bridgehead atoms. The van der Waals surface area contributed by atoms with Crippen LogP contribution < -0.4 is 5.73 Å². The van der Waals surface area contributed by atoms with Crippen LogP contribution in [0.1, 0.15) is 12.8 Å². The predicted molar refractivity (Wildman–Crippen MR) is 41.7 cm³/mol. The van der Waals surface area contributed by atoms with Gasteiger partial charge in [0.15, 0.2) is 0 Å². The third kappa shape index (κ3) is 7.81. The van der Waals surface area contributed by atoms with E-state index in [1.165, 1.54) is 0 Å². The van der Waals surface area contributed by atoms with Crippen molar-refractivity contribution < 1.29 is 27.8 Å². The molecule has 0 aromatic carbocycles. The van der Waals surface area contributed by atoms with E-state index in [1.54, 1.807) is 0 Å². The van der Waals surface area contributed by atoms with Gasteiger partial charge in [-0.2, -0.15) is 13.2 Å². The number of alkyl halides is 3. The van der Waals surface area contributed by atoms with Crippen molar-refractivity contribution in [1.29, 1.82) is 0 Å². The van der Waals surface area contributed by atoms with Gasteiger partial charge in [0.05, 0.1) is 0 Å². The van der Waals surface area contributed by atoms with Crippen LogP contribution >= 0.6 is 0 Å². The first-order valence-corrected chi connectivity index (χ1v) is 3.96. The van der Waals surface area contributed by atoms with Crippen LogP contribution in [-0.2, 0) is 9.53 Å². The van der Waals surface area contributed by atoms with Gasteiger partial charge in [-0.25, -0.2) is 0 Å². The molecule has 0 saturated heterocycles. The van der Waals surface area contributed by atoms with E-state index in [-0.39, 0.29) is 19.4 Å². The number of rotatable bonds is 6. The molecule has 0 fully saturated rings. The van der Waals surface area contributed by atoms with Gasteiger partial charge < -0.3 is 15.6 Å². The van der Waals surface area contributed by atoms with Crippen LogP contribution in [0.5, 0.6) is 0 Å². The quantitative estimate of drug-likeness (QED) is 0.641. The molecule has 0 aliphatic rings. The highest BCUT2D eigenvalue weighted by Gasteiger charge is 2.27. The fourth-order valence-electron chi connectivity index (χ4n) is 0.717. The molecule has 3 N–H and O–H groups in total. The number of hydrogen-bond acceptors (Lipinski definition) is 3. The minimum absolute atomic E-state index is 0.104. The highest BCUT2D eigenvalue weighted by atomic mass is 19.4. The number of nitrogens with two attached hydrogens (primary N) is 1. The summed E-state index contributed by atoms with van der Waals surface area (Å²) in [5.74, 6) is -1.17. The van der Waals surface area contributed by atoms with E-state index >= 15 is 0 Å². The fourth-order valence-corrected chi connectivity index (χ4v) is 0.717. The lowest BCUT2D eigenvalue weighted by Crippen LogP contribution is -2.30. The number of aliphatic carboxylic acids is 1. The van der Waals surface area contributed by atoms with Gasteiger partial charge in [-0.15, -0.1) is 0 Å². The van der Waals surface area contributed by atoms with Gasteiger partial charge in [0.2, 0.25) is 0 Å². The maximum absolute atomic E-state index is 11.5. The summed E-state index contributed by atoms with van der Waals surface area (Å²) in [5, 5.41) is 8.32. The predicted octanol–water partition coefficient (Wildman–Crippen LogP) is 0.757. The van der Waals surface area contributed by atoms with Crippen molar-refractivity contribution in [2.45, 2.75) is 25.1 Å². The van der Waals surface area contributed by atoms with E-state index in [1.807, 2.05) is 0 Å². The highest BCUT2D eigenvalue weighted by molar-refractivity contribution is 5.72. The molecule has 14 heavy (non-hydrogen) atoms. The standard InChI is InChI=1S/C7H12F3NO3/c8-7(9,10)4-14-3-1-2-5(11)6(12)13/h5H,1-4,11H2,(H,12,13)/t5-/m0/s1. The van der Waals surface area contributed by atoms with Gasteiger partial charge in [0.1, 0.15) is 12.6 Å². The summed E-state index contributed by atoms with van der Waals surface area (Å²) in [5.41, 5.74) is 5.11. The van der Waals surface area contributed by atoms with Gasteiger partial charge >= 0.3 is 12.1 Å². The van der Waals surface area contributed by atoms with Crippen LogP contribution in [0.15, 0.2) is 0 Å². The zero-order chi connectivity index (χ0) is 11.2. The van der Waals surface area contributed by atoms with Crippen molar-refractivity contribution in [1.82, 2.24) is 0 Å². The first kappa shape index (κ1) is 13.2. The van der Waals surface area contributed by atoms with Gasteiger partial charge in [0, 0.05) is 6.61 Å². The lowest BCUT2D eigenvalue weighted by molar-refractivity contribution is -0.174. The molecule has 0 radical (unpaired) electrons. The smallest absolute Gasteiger partial charge is 0.411 e. The molecule has 0 saturated carbocycles. The Morgan fingerprint density at radius 1 is 1.50 bits per heavy atom. The van der Waals surface area contributed by atoms with E-state index < -0.39 is 24.8 Å². The second-order valence-electron chi connectivity index (χ2n) is 2.75. The molecule has 0 heterocycles. The molecule has 0 aliphatic carbocycles. The number of ether oxygens (including phenoxy) is 1. The molecule has 1 atom stereocenters. The van der Waals surface area contributed by atoms with Crippen molar-refractivity contribution in [3.05, 3.63) is 0 Å². The number of carboxylic acid groups (broad SMARTS) is 1. The molecule has 0 aliphatic heterocycles. The third-order valence-electron chi connectivity index (χ3n) is 1.39. The lowest BCUT2D eigenvalue weighted by atomic mass is 10.2. The summed E-state index contributed by atoms with van der Waals surface area (Å²) >= 11 is 0. The van der Waals surface area contributed by atoms with Gasteiger partial charge in [-0.05, 0) is 12.8 Å². The summed E-state index contributed by atoms with van der Waals surface area (Å²) in [6, 6.07) is -1.04. The summed E-state index contributed by atoms with van der Waals surface area (Å²) in [6.07, 6.45) is -4.04. The molecule has 0 spiro atoms. The normalized spacial score (nSPS) is 14.0. The molecule has 84 valence electrons. The summed E-state index contributed by atoms with van der Waals surface area (Å²) in [4.78, 5) is 10.2. The molecule has 0 aromatic rings. The minimum atomic E-state index is -4.34. The van der Waals surface area contributed by atoms with E-state index in [4.69, 9.17) is 10.8 Å². The summed E-state index contributed by atoms with van der Waals surface area (Å²) < 4.78 is 38.8. The van der Waals surface area contributed by atoms with Crippen LogP contribution in [0.4, 0.5) is 13.2 Å². The SMILES string of the molecule is N[C@@H](CCCOCC(F)(F)F)C(=O)O. The van der Waals surface area contributed by atoms with Crippen molar-refractivity contribution in [2.75, 3.05) is 13.2 Å². The van der Waals surface area contributed by atoms with Crippen LogP contribution in [0.3, 0.4) is 0 Å². The Labute approximate surface area is 78.8 Å². The van der Waals surface area contributed by atoms with E-state index in [0.29, 0.717) is 0 Å². The highest BCUT2D eigenvalue weighted by Crippen LogP contribution is 2.14. The molecular weight excluding hydrogens is 203 g/mol. The fraction of sp³-hybridized carbons (Fsp3) is 0.857. The molecule has 0 amide bonds. The molecule has 0 aromatic heterocycles.